The summed E-state index contributed by atoms with van der Waals surface area (Å²) < 4.78 is 6.49. The number of benzene rings is 1. The standard InChI is InChI=1S/C13H11N3O2/c1-18-13(17)10-6-9-4-2-3-5-11(9)12-7-14-15-16(12)8-10/h2-7H,8H2,1H3. The van der Waals surface area contributed by atoms with Gasteiger partial charge < -0.3 is 4.74 Å². The van der Waals surface area contributed by atoms with E-state index in [1.807, 2.05) is 30.3 Å². The Morgan fingerprint density at radius 3 is 3.06 bits per heavy atom. The van der Waals surface area contributed by atoms with E-state index in [1.54, 1.807) is 10.9 Å². The molecular weight excluding hydrogens is 230 g/mol. The van der Waals surface area contributed by atoms with Gasteiger partial charge in [0.05, 0.1) is 31.1 Å². The minimum atomic E-state index is -0.340. The zero-order valence-electron chi connectivity index (χ0n) is 9.83. The van der Waals surface area contributed by atoms with Crippen LogP contribution in [0.3, 0.4) is 0 Å². The molecule has 0 radical (unpaired) electrons. The second-order valence-corrected chi connectivity index (χ2v) is 4.03. The van der Waals surface area contributed by atoms with Crippen molar-refractivity contribution >= 4 is 12.0 Å². The molecule has 1 aromatic carbocycles. The molecular formula is C13H11N3O2. The molecule has 0 fully saturated rings. The van der Waals surface area contributed by atoms with Crippen LogP contribution in [0.25, 0.3) is 17.3 Å². The van der Waals surface area contributed by atoms with Crippen LogP contribution in [0, 0.1) is 0 Å². The molecule has 0 N–H and O–H groups in total. The van der Waals surface area contributed by atoms with Gasteiger partial charge in [-0.05, 0) is 11.6 Å². The third-order valence-corrected chi connectivity index (χ3v) is 2.95. The van der Waals surface area contributed by atoms with Crippen molar-refractivity contribution in [2.45, 2.75) is 6.54 Å². The Balaban J connectivity index is 2.22. The molecule has 90 valence electrons. The van der Waals surface area contributed by atoms with Crippen LogP contribution in [0.15, 0.2) is 36.0 Å². The van der Waals surface area contributed by atoms with Crippen molar-refractivity contribution in [1.29, 1.82) is 0 Å². The minimum Gasteiger partial charge on any atom is -0.466 e. The fourth-order valence-corrected chi connectivity index (χ4v) is 2.09. The molecule has 0 saturated heterocycles. The molecule has 2 aromatic rings. The molecule has 3 rings (SSSR count). The third kappa shape index (κ3) is 1.60. The van der Waals surface area contributed by atoms with Gasteiger partial charge in [-0.3, -0.25) is 0 Å². The topological polar surface area (TPSA) is 57.0 Å². The number of rotatable bonds is 1. The molecule has 0 atom stereocenters. The summed E-state index contributed by atoms with van der Waals surface area (Å²) in [4.78, 5) is 11.7. The minimum absolute atomic E-state index is 0.340. The number of ether oxygens (including phenoxy) is 1. The summed E-state index contributed by atoms with van der Waals surface area (Å²) >= 11 is 0. The molecule has 0 saturated carbocycles. The number of hydrogen-bond donors (Lipinski definition) is 0. The number of fused-ring (bicyclic) bond motifs is 3. The highest BCUT2D eigenvalue weighted by atomic mass is 16.5. The Morgan fingerprint density at radius 2 is 2.22 bits per heavy atom. The van der Waals surface area contributed by atoms with Gasteiger partial charge in [-0.15, -0.1) is 5.10 Å². The van der Waals surface area contributed by atoms with E-state index in [-0.39, 0.29) is 5.97 Å². The summed E-state index contributed by atoms with van der Waals surface area (Å²) in [6.45, 7) is 0.372. The number of carbonyl (C=O) groups excluding carboxylic acids is 1. The second-order valence-electron chi connectivity index (χ2n) is 4.03. The summed E-state index contributed by atoms with van der Waals surface area (Å²) in [6.07, 6.45) is 3.54. The first kappa shape index (κ1) is 10.7. The summed E-state index contributed by atoms with van der Waals surface area (Å²) in [5.74, 6) is -0.340. The Morgan fingerprint density at radius 1 is 1.39 bits per heavy atom. The molecule has 5 heteroatoms. The van der Waals surface area contributed by atoms with Gasteiger partial charge in [-0.2, -0.15) is 0 Å². The van der Waals surface area contributed by atoms with Crippen molar-refractivity contribution in [2.24, 2.45) is 0 Å². The zero-order valence-corrected chi connectivity index (χ0v) is 9.83. The molecule has 18 heavy (non-hydrogen) atoms. The van der Waals surface area contributed by atoms with Gasteiger partial charge in [0.2, 0.25) is 0 Å². The van der Waals surface area contributed by atoms with Gasteiger partial charge in [0.25, 0.3) is 0 Å². The molecule has 1 aromatic heterocycles. The number of carbonyl (C=O) groups is 1. The summed E-state index contributed by atoms with van der Waals surface area (Å²) in [7, 11) is 1.38. The Hall–Kier alpha value is -2.43. The fraction of sp³-hybridized carbons (Fsp3) is 0.154. The Kier molecular flexibility index (Phi) is 2.44. The number of hydrogen-bond acceptors (Lipinski definition) is 4. The van der Waals surface area contributed by atoms with E-state index in [2.05, 4.69) is 10.3 Å². The molecule has 0 aliphatic carbocycles. The monoisotopic (exact) mass is 241 g/mol. The van der Waals surface area contributed by atoms with Crippen molar-refractivity contribution in [1.82, 2.24) is 15.0 Å². The third-order valence-electron chi connectivity index (χ3n) is 2.95. The van der Waals surface area contributed by atoms with E-state index in [4.69, 9.17) is 4.74 Å². The second kappa shape index (κ2) is 4.10. The quantitative estimate of drug-likeness (QED) is 0.710. The lowest BCUT2D eigenvalue weighted by molar-refractivity contribution is -0.136. The molecule has 0 spiro atoms. The van der Waals surface area contributed by atoms with Gasteiger partial charge in [0, 0.05) is 5.56 Å². The normalized spacial score (nSPS) is 13.1. The van der Waals surface area contributed by atoms with Gasteiger partial charge >= 0.3 is 5.97 Å². The molecule has 5 nitrogen and oxygen atoms in total. The van der Waals surface area contributed by atoms with E-state index in [9.17, 15) is 4.79 Å². The molecule has 1 aliphatic heterocycles. The lowest BCUT2D eigenvalue weighted by Gasteiger charge is -2.04. The fourth-order valence-electron chi connectivity index (χ4n) is 2.09. The van der Waals surface area contributed by atoms with Crippen LogP contribution in [-0.4, -0.2) is 28.1 Å². The Labute approximate surface area is 104 Å². The number of nitrogens with zero attached hydrogens (tertiary/aromatic N) is 3. The highest BCUT2D eigenvalue weighted by Gasteiger charge is 2.19. The lowest BCUT2D eigenvalue weighted by atomic mass is 10.0. The van der Waals surface area contributed by atoms with Gasteiger partial charge in [-0.1, -0.05) is 29.5 Å². The maximum atomic E-state index is 11.7. The first-order valence-corrected chi connectivity index (χ1v) is 5.56. The lowest BCUT2D eigenvalue weighted by Crippen LogP contribution is -2.12. The van der Waals surface area contributed by atoms with Crippen molar-refractivity contribution < 1.29 is 9.53 Å². The SMILES string of the molecule is COC(=O)C1=Cc2ccccc2-c2cnnn2C1. The Bertz CT molecular complexity index is 643. The molecule has 1 aliphatic rings. The van der Waals surface area contributed by atoms with E-state index >= 15 is 0 Å². The van der Waals surface area contributed by atoms with Crippen LogP contribution in [0.5, 0.6) is 0 Å². The smallest absolute Gasteiger partial charge is 0.335 e. The molecule has 0 bridgehead atoms. The highest BCUT2D eigenvalue weighted by Crippen LogP contribution is 2.28. The predicted molar refractivity (Wildman–Crippen MR) is 65.5 cm³/mol. The molecule has 2 heterocycles. The molecule has 0 amide bonds. The van der Waals surface area contributed by atoms with Gasteiger partial charge in [0.15, 0.2) is 0 Å². The van der Waals surface area contributed by atoms with E-state index in [0.717, 1.165) is 16.8 Å². The highest BCUT2D eigenvalue weighted by molar-refractivity contribution is 5.95. The van der Waals surface area contributed by atoms with Crippen molar-refractivity contribution in [3.05, 3.63) is 41.6 Å². The van der Waals surface area contributed by atoms with Crippen LogP contribution < -0.4 is 0 Å². The average molecular weight is 241 g/mol. The largest absolute Gasteiger partial charge is 0.466 e. The van der Waals surface area contributed by atoms with E-state index in [1.165, 1.54) is 7.11 Å². The maximum absolute atomic E-state index is 11.7. The van der Waals surface area contributed by atoms with E-state index in [0.29, 0.717) is 12.1 Å². The predicted octanol–water partition coefficient (Wildman–Crippen LogP) is 1.52. The van der Waals surface area contributed by atoms with Gasteiger partial charge in [-0.25, -0.2) is 9.48 Å². The van der Waals surface area contributed by atoms with Crippen LogP contribution in [-0.2, 0) is 16.1 Å². The van der Waals surface area contributed by atoms with Crippen LogP contribution in [0.1, 0.15) is 5.56 Å². The van der Waals surface area contributed by atoms with Crippen LogP contribution >= 0.6 is 0 Å². The van der Waals surface area contributed by atoms with E-state index < -0.39 is 0 Å². The summed E-state index contributed by atoms with van der Waals surface area (Å²) in [5, 5.41) is 7.90. The number of aromatic nitrogens is 3. The van der Waals surface area contributed by atoms with Crippen molar-refractivity contribution in [2.75, 3.05) is 7.11 Å². The maximum Gasteiger partial charge on any atom is 0.335 e. The van der Waals surface area contributed by atoms with Crippen LogP contribution in [0.4, 0.5) is 0 Å². The first-order chi connectivity index (χ1) is 8.79. The first-order valence-electron chi connectivity index (χ1n) is 5.56. The summed E-state index contributed by atoms with van der Waals surface area (Å²) in [6, 6.07) is 7.83. The number of methoxy groups -OCH3 is 1. The van der Waals surface area contributed by atoms with Gasteiger partial charge in [0.1, 0.15) is 0 Å². The van der Waals surface area contributed by atoms with Crippen molar-refractivity contribution in [3.63, 3.8) is 0 Å². The van der Waals surface area contributed by atoms with Crippen molar-refractivity contribution in [3.8, 4) is 11.3 Å². The van der Waals surface area contributed by atoms with Crippen LogP contribution in [0.2, 0.25) is 0 Å². The average Bonchev–Trinajstić information content (AvgIpc) is 2.80. The molecule has 0 unspecified atom stereocenters. The zero-order chi connectivity index (χ0) is 12.5. The summed E-state index contributed by atoms with van der Waals surface area (Å²) in [5.41, 5.74) is 3.45. The number of esters is 1.